The van der Waals surface area contributed by atoms with E-state index in [0.29, 0.717) is 22.0 Å². The van der Waals surface area contributed by atoms with Gasteiger partial charge in [0, 0.05) is 32.9 Å². The van der Waals surface area contributed by atoms with Crippen LogP contribution in [0.15, 0.2) is 72.1 Å². The molecule has 3 rings (SSSR count). The van der Waals surface area contributed by atoms with Crippen LogP contribution in [0.1, 0.15) is 15.2 Å². The average molecular weight is 383 g/mol. The van der Waals surface area contributed by atoms with Crippen molar-refractivity contribution in [1.29, 1.82) is 0 Å². The number of halogens is 1. The Kier molecular flexibility index (Phi) is 5.84. The van der Waals surface area contributed by atoms with Gasteiger partial charge in [0.2, 0.25) is 5.91 Å². The second-order valence-corrected chi connectivity index (χ2v) is 6.80. The third kappa shape index (κ3) is 5.05. The summed E-state index contributed by atoms with van der Waals surface area (Å²) in [6.45, 7) is 0. The Labute approximate surface area is 160 Å². The molecule has 1 heterocycles. The van der Waals surface area contributed by atoms with Crippen molar-refractivity contribution in [2.45, 2.75) is 0 Å². The lowest BCUT2D eigenvalue weighted by molar-refractivity contribution is -0.111. The number of carbonyl (C=O) groups is 2. The zero-order valence-electron chi connectivity index (χ0n) is 13.6. The van der Waals surface area contributed by atoms with E-state index < -0.39 is 0 Å². The van der Waals surface area contributed by atoms with Crippen LogP contribution in [0.25, 0.3) is 6.08 Å². The number of benzene rings is 2. The van der Waals surface area contributed by atoms with E-state index in [4.69, 9.17) is 11.6 Å². The Morgan fingerprint density at radius 2 is 1.69 bits per heavy atom. The molecule has 4 nitrogen and oxygen atoms in total. The number of nitrogens with one attached hydrogen (secondary N) is 2. The minimum atomic E-state index is -0.280. The van der Waals surface area contributed by atoms with Gasteiger partial charge in [-0.2, -0.15) is 0 Å². The lowest BCUT2D eigenvalue weighted by atomic mass is 10.1. The van der Waals surface area contributed by atoms with E-state index in [9.17, 15) is 9.59 Å². The fourth-order valence-corrected chi connectivity index (χ4v) is 3.04. The molecule has 0 spiro atoms. The largest absolute Gasteiger partial charge is 0.322 e. The fraction of sp³-hybridized carbons (Fsp3) is 0. The Balaban J connectivity index is 1.65. The molecule has 0 radical (unpaired) electrons. The van der Waals surface area contributed by atoms with E-state index in [-0.39, 0.29) is 11.8 Å². The molecule has 2 amide bonds. The summed E-state index contributed by atoms with van der Waals surface area (Å²) < 4.78 is 0. The predicted molar refractivity (Wildman–Crippen MR) is 108 cm³/mol. The van der Waals surface area contributed by atoms with E-state index in [1.165, 1.54) is 6.08 Å². The van der Waals surface area contributed by atoms with Gasteiger partial charge in [0.05, 0.1) is 0 Å². The van der Waals surface area contributed by atoms with Crippen molar-refractivity contribution in [2.75, 3.05) is 10.6 Å². The van der Waals surface area contributed by atoms with E-state index in [1.807, 2.05) is 17.5 Å². The third-order valence-electron chi connectivity index (χ3n) is 3.42. The lowest BCUT2D eigenvalue weighted by Crippen LogP contribution is -2.13. The molecule has 3 aromatic rings. The van der Waals surface area contributed by atoms with Gasteiger partial charge >= 0.3 is 0 Å². The molecule has 0 fully saturated rings. The van der Waals surface area contributed by atoms with E-state index in [0.717, 1.165) is 4.88 Å². The van der Waals surface area contributed by atoms with Crippen molar-refractivity contribution in [1.82, 2.24) is 0 Å². The first kappa shape index (κ1) is 17.9. The Morgan fingerprint density at radius 3 is 2.42 bits per heavy atom. The maximum atomic E-state index is 12.4. The molecule has 0 atom stereocenters. The minimum Gasteiger partial charge on any atom is -0.322 e. The van der Waals surface area contributed by atoms with Crippen molar-refractivity contribution in [3.8, 4) is 0 Å². The topological polar surface area (TPSA) is 58.2 Å². The summed E-state index contributed by atoms with van der Waals surface area (Å²) in [5, 5.41) is 8.01. The standard InChI is InChI=1S/C20H15ClN2O2S/c21-15-5-2-7-17(13-15)23-20(25)14-4-1-6-16(12-14)22-19(24)10-9-18-8-3-11-26-18/h1-13H,(H,22,24)(H,23,25)/b10-9+. The third-order valence-corrected chi connectivity index (χ3v) is 4.49. The highest BCUT2D eigenvalue weighted by molar-refractivity contribution is 7.10. The van der Waals surface area contributed by atoms with Crippen LogP contribution >= 0.6 is 22.9 Å². The SMILES string of the molecule is O=C(/C=C/c1cccs1)Nc1cccc(C(=O)Nc2cccc(Cl)c2)c1. The summed E-state index contributed by atoms with van der Waals surface area (Å²) >= 11 is 7.47. The quantitative estimate of drug-likeness (QED) is 0.588. The molecular weight excluding hydrogens is 368 g/mol. The van der Waals surface area contributed by atoms with Gasteiger partial charge in [0.15, 0.2) is 0 Å². The molecule has 0 saturated heterocycles. The van der Waals surface area contributed by atoms with Gasteiger partial charge in [0.25, 0.3) is 5.91 Å². The molecule has 6 heteroatoms. The Morgan fingerprint density at radius 1 is 0.923 bits per heavy atom. The van der Waals surface area contributed by atoms with Crippen LogP contribution in [-0.2, 0) is 4.79 Å². The van der Waals surface area contributed by atoms with Gasteiger partial charge < -0.3 is 10.6 Å². The summed E-state index contributed by atoms with van der Waals surface area (Å²) in [6, 6.07) is 17.5. The van der Waals surface area contributed by atoms with Crippen molar-refractivity contribution >= 4 is 52.2 Å². The highest BCUT2D eigenvalue weighted by Gasteiger charge is 2.08. The molecule has 2 aromatic carbocycles. The van der Waals surface area contributed by atoms with Gasteiger partial charge in [-0.05, 0) is 53.9 Å². The van der Waals surface area contributed by atoms with E-state index in [2.05, 4.69) is 10.6 Å². The summed E-state index contributed by atoms with van der Waals surface area (Å²) in [4.78, 5) is 25.4. The van der Waals surface area contributed by atoms with Crippen LogP contribution in [-0.4, -0.2) is 11.8 Å². The molecular formula is C20H15ClN2O2S. The summed E-state index contributed by atoms with van der Waals surface area (Å²) in [5.74, 6) is -0.539. The second-order valence-electron chi connectivity index (χ2n) is 5.38. The molecule has 2 N–H and O–H groups in total. The zero-order valence-corrected chi connectivity index (χ0v) is 15.2. The number of rotatable bonds is 5. The van der Waals surface area contributed by atoms with Crippen LogP contribution in [0.2, 0.25) is 5.02 Å². The molecule has 0 bridgehead atoms. The number of hydrogen-bond acceptors (Lipinski definition) is 3. The number of hydrogen-bond donors (Lipinski definition) is 2. The Hall–Kier alpha value is -2.89. The van der Waals surface area contributed by atoms with Crippen LogP contribution < -0.4 is 10.6 Å². The van der Waals surface area contributed by atoms with Crippen LogP contribution in [0, 0.1) is 0 Å². The van der Waals surface area contributed by atoms with Crippen molar-refractivity contribution in [3.63, 3.8) is 0 Å². The summed E-state index contributed by atoms with van der Waals surface area (Å²) in [6.07, 6.45) is 3.21. The molecule has 26 heavy (non-hydrogen) atoms. The minimum absolute atomic E-state index is 0.259. The number of anilines is 2. The van der Waals surface area contributed by atoms with Gasteiger partial charge in [-0.3, -0.25) is 9.59 Å². The molecule has 130 valence electrons. The van der Waals surface area contributed by atoms with Crippen LogP contribution in [0.3, 0.4) is 0 Å². The first-order valence-corrected chi connectivity index (χ1v) is 9.05. The number of thiophene rings is 1. The molecule has 1 aromatic heterocycles. The lowest BCUT2D eigenvalue weighted by Gasteiger charge is -2.08. The van der Waals surface area contributed by atoms with Gasteiger partial charge in [-0.25, -0.2) is 0 Å². The average Bonchev–Trinajstić information content (AvgIpc) is 3.14. The maximum absolute atomic E-state index is 12.4. The van der Waals surface area contributed by atoms with Gasteiger partial charge in [0.1, 0.15) is 0 Å². The number of carbonyl (C=O) groups excluding carboxylic acids is 2. The normalized spacial score (nSPS) is 10.7. The molecule has 0 aliphatic carbocycles. The van der Waals surface area contributed by atoms with Crippen LogP contribution in [0.4, 0.5) is 11.4 Å². The highest BCUT2D eigenvalue weighted by Crippen LogP contribution is 2.17. The predicted octanol–water partition coefficient (Wildman–Crippen LogP) is 5.31. The molecule has 0 saturated carbocycles. The Bertz CT molecular complexity index is 952. The van der Waals surface area contributed by atoms with Crippen molar-refractivity contribution in [3.05, 3.63) is 87.6 Å². The highest BCUT2D eigenvalue weighted by atomic mass is 35.5. The smallest absolute Gasteiger partial charge is 0.255 e. The zero-order chi connectivity index (χ0) is 18.4. The van der Waals surface area contributed by atoms with Crippen molar-refractivity contribution < 1.29 is 9.59 Å². The maximum Gasteiger partial charge on any atom is 0.255 e. The number of amides is 2. The van der Waals surface area contributed by atoms with E-state index >= 15 is 0 Å². The molecule has 0 aliphatic rings. The monoisotopic (exact) mass is 382 g/mol. The summed E-state index contributed by atoms with van der Waals surface area (Å²) in [7, 11) is 0. The first-order chi connectivity index (χ1) is 12.6. The van der Waals surface area contributed by atoms with Crippen LogP contribution in [0.5, 0.6) is 0 Å². The van der Waals surface area contributed by atoms with Gasteiger partial charge in [-0.1, -0.05) is 29.8 Å². The molecule has 0 unspecified atom stereocenters. The first-order valence-electron chi connectivity index (χ1n) is 7.80. The summed E-state index contributed by atoms with van der Waals surface area (Å²) in [5.41, 5.74) is 1.59. The van der Waals surface area contributed by atoms with E-state index in [1.54, 1.807) is 65.9 Å². The van der Waals surface area contributed by atoms with Gasteiger partial charge in [-0.15, -0.1) is 11.3 Å². The molecule has 0 aliphatic heterocycles. The van der Waals surface area contributed by atoms with Crippen molar-refractivity contribution in [2.24, 2.45) is 0 Å². The second kappa shape index (κ2) is 8.47. The fourth-order valence-electron chi connectivity index (χ4n) is 2.24.